The molecule has 2 atom stereocenters. The Bertz CT molecular complexity index is 462. The molecule has 0 aliphatic carbocycles. The molecule has 116 valence electrons. The number of hydrogen-bond donors (Lipinski definition) is 1. The Morgan fingerprint density at radius 2 is 2.19 bits per heavy atom. The lowest BCUT2D eigenvalue weighted by molar-refractivity contribution is 0.0350. The van der Waals surface area contributed by atoms with E-state index in [1.165, 1.54) is 44.6 Å². The Labute approximate surface area is 128 Å². The van der Waals surface area contributed by atoms with Crippen molar-refractivity contribution in [2.75, 3.05) is 38.5 Å². The van der Waals surface area contributed by atoms with Crippen LogP contribution in [0.25, 0.3) is 0 Å². The first-order chi connectivity index (χ1) is 10.3. The van der Waals surface area contributed by atoms with Crippen LogP contribution >= 0.6 is 0 Å². The van der Waals surface area contributed by atoms with Crippen LogP contribution in [0.2, 0.25) is 0 Å². The van der Waals surface area contributed by atoms with Gasteiger partial charge >= 0.3 is 0 Å². The SMILES string of the molecule is CCNc1cccc(CN2CCC3C(CCCN3C)C2)n1. The van der Waals surface area contributed by atoms with Crippen molar-refractivity contribution < 1.29 is 0 Å². The van der Waals surface area contributed by atoms with Gasteiger partial charge in [0.15, 0.2) is 0 Å². The standard InChI is InChI=1S/C17H28N4/c1-3-18-17-8-4-7-15(19-17)13-21-11-9-16-14(12-21)6-5-10-20(16)2/h4,7-8,14,16H,3,5-6,9-13H2,1-2H3,(H,18,19). The monoisotopic (exact) mass is 288 g/mol. The van der Waals surface area contributed by atoms with Gasteiger partial charge in [-0.05, 0) is 57.8 Å². The summed E-state index contributed by atoms with van der Waals surface area (Å²) in [6.07, 6.45) is 4.07. The average molecular weight is 288 g/mol. The van der Waals surface area contributed by atoms with E-state index < -0.39 is 0 Å². The maximum atomic E-state index is 4.71. The highest BCUT2D eigenvalue weighted by Gasteiger charge is 2.34. The molecule has 1 N–H and O–H groups in total. The smallest absolute Gasteiger partial charge is 0.126 e. The molecule has 0 spiro atoms. The van der Waals surface area contributed by atoms with E-state index >= 15 is 0 Å². The summed E-state index contributed by atoms with van der Waals surface area (Å²) in [4.78, 5) is 9.89. The Kier molecular flexibility index (Phi) is 4.76. The van der Waals surface area contributed by atoms with Crippen molar-refractivity contribution in [3.8, 4) is 0 Å². The molecular formula is C17H28N4. The molecule has 21 heavy (non-hydrogen) atoms. The van der Waals surface area contributed by atoms with Crippen LogP contribution in [0.5, 0.6) is 0 Å². The lowest BCUT2D eigenvalue weighted by atomic mass is 9.84. The van der Waals surface area contributed by atoms with E-state index in [1.807, 2.05) is 0 Å². The quantitative estimate of drug-likeness (QED) is 0.922. The van der Waals surface area contributed by atoms with Crippen LogP contribution in [0.15, 0.2) is 18.2 Å². The molecule has 2 unspecified atom stereocenters. The van der Waals surface area contributed by atoms with Crippen molar-refractivity contribution in [2.24, 2.45) is 5.92 Å². The van der Waals surface area contributed by atoms with Gasteiger partial charge in [0.05, 0.1) is 5.69 Å². The highest BCUT2D eigenvalue weighted by molar-refractivity contribution is 5.34. The summed E-state index contributed by atoms with van der Waals surface area (Å²) >= 11 is 0. The van der Waals surface area contributed by atoms with Crippen molar-refractivity contribution in [1.82, 2.24) is 14.8 Å². The number of pyridine rings is 1. The van der Waals surface area contributed by atoms with Gasteiger partial charge in [0.2, 0.25) is 0 Å². The molecule has 0 radical (unpaired) electrons. The maximum Gasteiger partial charge on any atom is 0.126 e. The minimum absolute atomic E-state index is 0.816. The summed E-state index contributed by atoms with van der Waals surface area (Å²) in [6.45, 7) is 7.76. The predicted octanol–water partition coefficient (Wildman–Crippen LogP) is 2.43. The number of piperidine rings is 2. The van der Waals surface area contributed by atoms with Crippen LogP contribution in [-0.2, 0) is 6.54 Å². The molecule has 2 aliphatic heterocycles. The van der Waals surface area contributed by atoms with E-state index in [1.54, 1.807) is 0 Å². The van der Waals surface area contributed by atoms with Gasteiger partial charge in [0.25, 0.3) is 0 Å². The molecule has 0 aromatic carbocycles. The van der Waals surface area contributed by atoms with E-state index in [9.17, 15) is 0 Å². The number of aromatic nitrogens is 1. The Morgan fingerprint density at radius 3 is 3.05 bits per heavy atom. The zero-order valence-corrected chi connectivity index (χ0v) is 13.4. The summed E-state index contributed by atoms with van der Waals surface area (Å²) in [5.74, 6) is 1.86. The van der Waals surface area contributed by atoms with Crippen LogP contribution < -0.4 is 5.32 Å². The molecule has 1 aromatic rings. The normalized spacial score (nSPS) is 27.3. The molecule has 4 heteroatoms. The van der Waals surface area contributed by atoms with Crippen LogP contribution in [-0.4, -0.2) is 54.1 Å². The summed E-state index contributed by atoms with van der Waals surface area (Å²) < 4.78 is 0. The third-order valence-electron chi connectivity index (χ3n) is 4.98. The van der Waals surface area contributed by atoms with Gasteiger partial charge in [-0.2, -0.15) is 0 Å². The third kappa shape index (κ3) is 3.55. The molecule has 3 rings (SSSR count). The summed E-state index contributed by atoms with van der Waals surface area (Å²) in [5.41, 5.74) is 1.19. The van der Waals surface area contributed by atoms with Gasteiger partial charge in [-0.1, -0.05) is 6.07 Å². The molecular weight excluding hydrogens is 260 g/mol. The number of rotatable bonds is 4. The number of fused-ring (bicyclic) bond motifs is 1. The fourth-order valence-electron chi connectivity index (χ4n) is 3.95. The van der Waals surface area contributed by atoms with E-state index in [0.29, 0.717) is 0 Å². The molecule has 2 aliphatic rings. The average Bonchev–Trinajstić information content (AvgIpc) is 2.48. The highest BCUT2D eigenvalue weighted by Crippen LogP contribution is 2.30. The molecule has 1 aromatic heterocycles. The third-order valence-corrected chi connectivity index (χ3v) is 4.98. The van der Waals surface area contributed by atoms with Gasteiger partial charge < -0.3 is 10.2 Å². The van der Waals surface area contributed by atoms with Crippen LogP contribution in [0.3, 0.4) is 0 Å². The zero-order chi connectivity index (χ0) is 14.7. The second-order valence-electron chi connectivity index (χ2n) is 6.52. The van der Waals surface area contributed by atoms with Crippen molar-refractivity contribution in [1.29, 1.82) is 0 Å². The van der Waals surface area contributed by atoms with Gasteiger partial charge in [-0.15, -0.1) is 0 Å². The molecule has 3 heterocycles. The predicted molar refractivity (Wildman–Crippen MR) is 87.4 cm³/mol. The van der Waals surface area contributed by atoms with Crippen molar-refractivity contribution >= 4 is 5.82 Å². The van der Waals surface area contributed by atoms with E-state index in [0.717, 1.165) is 30.9 Å². The highest BCUT2D eigenvalue weighted by atomic mass is 15.2. The molecule has 0 bridgehead atoms. The van der Waals surface area contributed by atoms with Crippen molar-refractivity contribution in [2.45, 2.75) is 38.8 Å². The van der Waals surface area contributed by atoms with Gasteiger partial charge in [-0.3, -0.25) is 4.90 Å². The fourth-order valence-corrected chi connectivity index (χ4v) is 3.95. The van der Waals surface area contributed by atoms with E-state index in [4.69, 9.17) is 4.98 Å². The first kappa shape index (κ1) is 14.8. The molecule has 4 nitrogen and oxygen atoms in total. The minimum Gasteiger partial charge on any atom is -0.370 e. The zero-order valence-electron chi connectivity index (χ0n) is 13.4. The van der Waals surface area contributed by atoms with Crippen molar-refractivity contribution in [3.05, 3.63) is 23.9 Å². The summed E-state index contributed by atoms with van der Waals surface area (Å²) in [7, 11) is 2.30. The molecule has 2 fully saturated rings. The van der Waals surface area contributed by atoms with Crippen LogP contribution in [0.1, 0.15) is 31.9 Å². The second kappa shape index (κ2) is 6.75. The molecule has 2 saturated heterocycles. The topological polar surface area (TPSA) is 31.4 Å². The van der Waals surface area contributed by atoms with Gasteiger partial charge in [0, 0.05) is 32.2 Å². The number of nitrogens with one attached hydrogen (secondary N) is 1. The van der Waals surface area contributed by atoms with Crippen LogP contribution in [0.4, 0.5) is 5.82 Å². The molecule has 0 saturated carbocycles. The fraction of sp³-hybridized carbons (Fsp3) is 0.706. The van der Waals surface area contributed by atoms with Gasteiger partial charge in [0.1, 0.15) is 5.82 Å². The first-order valence-electron chi connectivity index (χ1n) is 8.38. The number of nitrogens with zero attached hydrogens (tertiary/aromatic N) is 3. The maximum absolute atomic E-state index is 4.71. The summed E-state index contributed by atoms with van der Waals surface area (Å²) in [6, 6.07) is 7.13. The van der Waals surface area contributed by atoms with Crippen LogP contribution in [0, 0.1) is 5.92 Å². The minimum atomic E-state index is 0.816. The largest absolute Gasteiger partial charge is 0.370 e. The Balaban J connectivity index is 1.60. The van der Waals surface area contributed by atoms with Crippen molar-refractivity contribution in [3.63, 3.8) is 0 Å². The number of anilines is 1. The Hall–Kier alpha value is -1.13. The summed E-state index contributed by atoms with van der Waals surface area (Å²) in [5, 5.41) is 3.30. The van der Waals surface area contributed by atoms with Gasteiger partial charge in [-0.25, -0.2) is 4.98 Å². The lowest BCUT2D eigenvalue weighted by Gasteiger charge is -2.46. The first-order valence-corrected chi connectivity index (χ1v) is 8.38. The molecule has 0 amide bonds. The Morgan fingerprint density at radius 1 is 1.29 bits per heavy atom. The van der Waals surface area contributed by atoms with E-state index in [-0.39, 0.29) is 0 Å². The van der Waals surface area contributed by atoms with E-state index in [2.05, 4.69) is 47.3 Å². The lowest BCUT2D eigenvalue weighted by Crippen LogP contribution is -2.52. The number of hydrogen-bond acceptors (Lipinski definition) is 4. The number of likely N-dealkylation sites (tertiary alicyclic amines) is 2. The second-order valence-corrected chi connectivity index (χ2v) is 6.52.